The molecule has 1 aliphatic rings. The molecule has 2 rings (SSSR count). The van der Waals surface area contributed by atoms with Gasteiger partial charge in [0.25, 0.3) is 0 Å². The molecule has 0 heterocycles. The Bertz CT molecular complexity index is 952. The highest BCUT2D eigenvalue weighted by atomic mass is 32.1. The van der Waals surface area contributed by atoms with Gasteiger partial charge in [0, 0.05) is 23.4 Å². The maximum absolute atomic E-state index is 13.9. The number of terminal acetylenes is 1. The lowest BCUT2D eigenvalue weighted by molar-refractivity contribution is -0.143. The van der Waals surface area contributed by atoms with E-state index in [4.69, 9.17) is 11.2 Å². The molecule has 1 fully saturated rings. The number of benzene rings is 1. The normalized spacial score (nSPS) is 19.5. The fraction of sp³-hybridized carbons (Fsp3) is 0.593. The minimum absolute atomic E-state index is 0.0487. The van der Waals surface area contributed by atoms with Crippen molar-refractivity contribution in [2.24, 2.45) is 5.92 Å². The lowest BCUT2D eigenvalue weighted by atomic mass is 9.97. The smallest absolute Gasteiger partial charge is 0.408 e. The molecule has 0 bridgehead atoms. The van der Waals surface area contributed by atoms with Gasteiger partial charge in [0.15, 0.2) is 0 Å². The van der Waals surface area contributed by atoms with Crippen LogP contribution >= 0.6 is 12.6 Å². The maximum atomic E-state index is 13.9. The number of nitrogens with one attached hydrogen (secondary N) is 2. The van der Waals surface area contributed by atoms with E-state index in [9.17, 15) is 14.4 Å². The summed E-state index contributed by atoms with van der Waals surface area (Å²) in [6.45, 7) is 11.3. The summed E-state index contributed by atoms with van der Waals surface area (Å²) in [5.41, 5.74) is 0.408. The Hall–Kier alpha value is -2.66. The van der Waals surface area contributed by atoms with Gasteiger partial charge in [-0.3, -0.25) is 9.59 Å². The molecule has 0 aromatic heterocycles. The first-order chi connectivity index (χ1) is 16.4. The zero-order valence-electron chi connectivity index (χ0n) is 21.6. The van der Waals surface area contributed by atoms with Crippen LogP contribution in [-0.2, 0) is 14.3 Å². The molecule has 8 heteroatoms. The van der Waals surface area contributed by atoms with Crippen LogP contribution in [0.3, 0.4) is 0 Å². The largest absolute Gasteiger partial charge is 0.444 e. The molecule has 35 heavy (non-hydrogen) atoms. The quantitative estimate of drug-likeness (QED) is 0.333. The monoisotopic (exact) mass is 501 g/mol. The SMILES string of the molecule is C#Cc1ccccc1C(C(=O)NC(C)CCC)N(C(=O)C(CS)NC(=O)OC(C)(C)C)C1CC1C. The van der Waals surface area contributed by atoms with Crippen LogP contribution in [0.5, 0.6) is 0 Å². The standard InChI is InChI=1S/C27H39N3O4S/c1-8-12-18(4)28-24(31)23(20-14-11-10-13-19(20)9-2)30(22-15-17(22)3)25(32)21(16-35)29-26(33)34-27(5,6)7/h2,10-11,13-14,17-18,21-23,35H,8,12,15-16H2,1,3-7H3,(H,28,31)(H,29,33). The zero-order valence-corrected chi connectivity index (χ0v) is 22.5. The van der Waals surface area contributed by atoms with Crippen molar-refractivity contribution >= 4 is 30.5 Å². The number of thiol groups is 1. The minimum atomic E-state index is -0.970. The van der Waals surface area contributed by atoms with Gasteiger partial charge in [-0.1, -0.05) is 44.4 Å². The Morgan fingerprint density at radius 3 is 2.40 bits per heavy atom. The highest BCUT2D eigenvalue weighted by Crippen LogP contribution is 2.41. The Labute approximate surface area is 215 Å². The number of ether oxygens (including phenoxy) is 1. The van der Waals surface area contributed by atoms with Crippen molar-refractivity contribution in [2.75, 3.05) is 5.75 Å². The summed E-state index contributed by atoms with van der Waals surface area (Å²) in [6.07, 6.45) is 7.54. The first kappa shape index (κ1) is 28.6. The van der Waals surface area contributed by atoms with Crippen molar-refractivity contribution < 1.29 is 19.1 Å². The van der Waals surface area contributed by atoms with Crippen LogP contribution in [0, 0.1) is 18.3 Å². The number of alkyl carbamates (subject to hydrolysis) is 1. The molecule has 0 aliphatic heterocycles. The third-order valence-electron chi connectivity index (χ3n) is 5.90. The number of amides is 3. The van der Waals surface area contributed by atoms with E-state index in [1.54, 1.807) is 49.9 Å². The fourth-order valence-electron chi connectivity index (χ4n) is 4.10. The van der Waals surface area contributed by atoms with Crippen LogP contribution in [0.4, 0.5) is 4.79 Å². The van der Waals surface area contributed by atoms with Crippen molar-refractivity contribution in [3.63, 3.8) is 0 Å². The number of rotatable bonds is 10. The number of carbonyl (C=O) groups is 3. The van der Waals surface area contributed by atoms with Gasteiger partial charge in [0.2, 0.25) is 11.8 Å². The topological polar surface area (TPSA) is 87.7 Å². The van der Waals surface area contributed by atoms with Crippen molar-refractivity contribution in [1.82, 2.24) is 15.5 Å². The molecular weight excluding hydrogens is 462 g/mol. The van der Waals surface area contributed by atoms with Gasteiger partial charge in [0.05, 0.1) is 0 Å². The Morgan fingerprint density at radius 2 is 1.89 bits per heavy atom. The summed E-state index contributed by atoms with van der Waals surface area (Å²) >= 11 is 4.33. The summed E-state index contributed by atoms with van der Waals surface area (Å²) in [5, 5.41) is 5.69. The van der Waals surface area contributed by atoms with Gasteiger partial charge in [0.1, 0.15) is 17.7 Å². The van der Waals surface area contributed by atoms with E-state index in [1.165, 1.54) is 0 Å². The Balaban J connectivity index is 2.49. The second-order valence-corrected chi connectivity index (χ2v) is 10.6. The van der Waals surface area contributed by atoms with Gasteiger partial charge in [-0.15, -0.1) is 6.42 Å². The average molecular weight is 502 g/mol. The molecule has 5 atom stereocenters. The van der Waals surface area contributed by atoms with Gasteiger partial charge in [-0.05, 0) is 58.1 Å². The lowest BCUT2D eigenvalue weighted by Gasteiger charge is -2.35. The van der Waals surface area contributed by atoms with Crippen molar-refractivity contribution in [1.29, 1.82) is 0 Å². The molecule has 2 N–H and O–H groups in total. The fourth-order valence-corrected chi connectivity index (χ4v) is 4.35. The molecule has 1 aliphatic carbocycles. The summed E-state index contributed by atoms with van der Waals surface area (Å²) in [4.78, 5) is 41.6. The van der Waals surface area contributed by atoms with E-state index >= 15 is 0 Å². The first-order valence-corrected chi connectivity index (χ1v) is 12.8. The van der Waals surface area contributed by atoms with Crippen LogP contribution in [-0.4, -0.2) is 52.3 Å². The van der Waals surface area contributed by atoms with E-state index in [-0.39, 0.29) is 29.7 Å². The zero-order chi connectivity index (χ0) is 26.3. The molecule has 0 radical (unpaired) electrons. The molecule has 1 aromatic carbocycles. The average Bonchev–Trinajstić information content (AvgIpc) is 3.49. The molecule has 7 nitrogen and oxygen atoms in total. The highest BCUT2D eigenvalue weighted by molar-refractivity contribution is 7.80. The van der Waals surface area contributed by atoms with Crippen LogP contribution in [0.15, 0.2) is 24.3 Å². The summed E-state index contributed by atoms with van der Waals surface area (Å²) in [5.74, 6) is 2.22. The predicted molar refractivity (Wildman–Crippen MR) is 141 cm³/mol. The van der Waals surface area contributed by atoms with Crippen LogP contribution in [0.1, 0.15) is 78.0 Å². The highest BCUT2D eigenvalue weighted by Gasteiger charge is 2.48. The Kier molecular flexibility index (Phi) is 10.1. The van der Waals surface area contributed by atoms with Crippen molar-refractivity contribution in [2.45, 2.75) is 90.6 Å². The lowest BCUT2D eigenvalue weighted by Crippen LogP contribution is -2.55. The number of hydrogen-bond donors (Lipinski definition) is 3. The molecule has 0 saturated heterocycles. The van der Waals surface area contributed by atoms with Crippen molar-refractivity contribution in [3.8, 4) is 12.3 Å². The van der Waals surface area contributed by atoms with E-state index in [0.717, 1.165) is 19.3 Å². The molecule has 0 spiro atoms. The number of carbonyl (C=O) groups excluding carboxylic acids is 3. The first-order valence-electron chi connectivity index (χ1n) is 12.2. The molecule has 5 unspecified atom stereocenters. The van der Waals surface area contributed by atoms with Gasteiger partial charge >= 0.3 is 6.09 Å². The minimum Gasteiger partial charge on any atom is -0.444 e. The van der Waals surface area contributed by atoms with Crippen LogP contribution in [0.25, 0.3) is 0 Å². The second kappa shape index (κ2) is 12.3. The summed E-state index contributed by atoms with van der Waals surface area (Å²) in [6, 6.07) is 5.03. The summed E-state index contributed by atoms with van der Waals surface area (Å²) in [7, 11) is 0. The molecule has 1 saturated carbocycles. The molecular formula is C27H39N3O4S. The predicted octanol–water partition coefficient (Wildman–Crippen LogP) is 4.07. The van der Waals surface area contributed by atoms with Crippen LogP contribution < -0.4 is 10.6 Å². The van der Waals surface area contributed by atoms with Crippen molar-refractivity contribution in [3.05, 3.63) is 35.4 Å². The number of hydrogen-bond acceptors (Lipinski definition) is 5. The molecule has 192 valence electrons. The van der Waals surface area contributed by atoms with Crippen LogP contribution in [0.2, 0.25) is 0 Å². The maximum Gasteiger partial charge on any atom is 0.408 e. The summed E-state index contributed by atoms with van der Waals surface area (Å²) < 4.78 is 5.35. The van der Waals surface area contributed by atoms with Gasteiger partial charge in [-0.2, -0.15) is 12.6 Å². The Morgan fingerprint density at radius 1 is 1.26 bits per heavy atom. The second-order valence-electron chi connectivity index (χ2n) is 10.2. The molecule has 3 amide bonds. The van der Waals surface area contributed by atoms with E-state index in [1.807, 2.05) is 13.8 Å². The van der Waals surface area contributed by atoms with Gasteiger partial charge < -0.3 is 20.3 Å². The van der Waals surface area contributed by atoms with Gasteiger partial charge in [-0.25, -0.2) is 4.79 Å². The molecule has 1 aromatic rings. The number of nitrogens with zero attached hydrogens (tertiary/aromatic N) is 1. The van der Waals surface area contributed by atoms with E-state index in [2.05, 4.69) is 36.1 Å². The van der Waals surface area contributed by atoms with E-state index < -0.39 is 29.7 Å². The van der Waals surface area contributed by atoms with E-state index in [0.29, 0.717) is 11.1 Å². The third-order valence-corrected chi connectivity index (χ3v) is 6.26. The third kappa shape index (κ3) is 7.93.